The minimum atomic E-state index is -1.17. The smallest absolute Gasteiger partial charge is 0.257 e. The molecule has 1 aromatic heterocycles. The maximum Gasteiger partial charge on any atom is 0.257 e. The molecule has 19 heavy (non-hydrogen) atoms. The fourth-order valence-electron chi connectivity index (χ4n) is 2.80. The van der Waals surface area contributed by atoms with Crippen molar-refractivity contribution in [2.24, 2.45) is 0 Å². The summed E-state index contributed by atoms with van der Waals surface area (Å²) in [5.74, 6) is 1.16. The highest BCUT2D eigenvalue weighted by molar-refractivity contribution is 7.99. The fourth-order valence-corrected chi connectivity index (χ4v) is 5.33. The van der Waals surface area contributed by atoms with E-state index in [1.807, 2.05) is 0 Å². The maximum atomic E-state index is 12.2. The molecule has 2 aliphatic rings. The Hall–Kier alpha value is -0.520. The molecule has 0 aromatic carbocycles. The molecular formula is C14H19NO2S2. The third-order valence-corrected chi connectivity index (χ3v) is 6.57. The lowest BCUT2D eigenvalue weighted by Gasteiger charge is -2.19. The van der Waals surface area contributed by atoms with E-state index in [0.29, 0.717) is 12.2 Å². The number of nitrogens with one attached hydrogen (secondary N) is 1. The van der Waals surface area contributed by atoms with Crippen molar-refractivity contribution < 1.29 is 9.90 Å². The van der Waals surface area contributed by atoms with E-state index in [0.717, 1.165) is 23.6 Å². The van der Waals surface area contributed by atoms with Crippen LogP contribution in [0, 0.1) is 6.92 Å². The average molecular weight is 297 g/mol. The second-order valence-electron chi connectivity index (χ2n) is 5.45. The van der Waals surface area contributed by atoms with Crippen LogP contribution in [0.4, 0.5) is 5.00 Å². The lowest BCUT2D eigenvalue weighted by atomic mass is 9.96. The molecule has 1 atom stereocenters. The summed E-state index contributed by atoms with van der Waals surface area (Å²) < 4.78 is 0. The second-order valence-corrected chi connectivity index (χ2v) is 7.66. The van der Waals surface area contributed by atoms with Gasteiger partial charge in [0.1, 0.15) is 0 Å². The summed E-state index contributed by atoms with van der Waals surface area (Å²) in [7, 11) is 0. The van der Waals surface area contributed by atoms with Crippen LogP contribution >= 0.6 is 23.1 Å². The number of thioether (sulfide) groups is 1. The monoisotopic (exact) mass is 297 g/mol. The second kappa shape index (κ2) is 5.11. The van der Waals surface area contributed by atoms with Crippen LogP contribution in [0.1, 0.15) is 35.3 Å². The summed E-state index contributed by atoms with van der Waals surface area (Å²) in [4.78, 5) is 13.7. The molecule has 1 aliphatic carbocycles. The summed E-state index contributed by atoms with van der Waals surface area (Å²) in [5.41, 5.74) is 1.48. The summed E-state index contributed by atoms with van der Waals surface area (Å²) in [6.45, 7) is 2.09. The molecule has 5 heteroatoms. The van der Waals surface area contributed by atoms with Crippen molar-refractivity contribution >= 4 is 34.0 Å². The number of fused-ring (bicyclic) bond motifs is 1. The number of carbonyl (C=O) groups is 1. The number of aryl methyl sites for hydroxylation is 1. The maximum absolute atomic E-state index is 12.2. The lowest BCUT2D eigenvalue weighted by Crippen LogP contribution is -2.42. The van der Waals surface area contributed by atoms with Crippen LogP contribution in [0.3, 0.4) is 0 Å². The Balaban J connectivity index is 1.80. The Morgan fingerprint density at radius 3 is 2.84 bits per heavy atom. The van der Waals surface area contributed by atoms with Crippen molar-refractivity contribution in [2.75, 3.05) is 16.8 Å². The third kappa shape index (κ3) is 2.43. The van der Waals surface area contributed by atoms with Crippen LogP contribution < -0.4 is 5.32 Å². The first-order valence-electron chi connectivity index (χ1n) is 6.83. The minimum Gasteiger partial charge on any atom is -0.379 e. The van der Waals surface area contributed by atoms with Crippen LogP contribution in [0.5, 0.6) is 0 Å². The Bertz CT molecular complexity index is 504. The lowest BCUT2D eigenvalue weighted by molar-refractivity contribution is -0.131. The van der Waals surface area contributed by atoms with E-state index in [-0.39, 0.29) is 5.91 Å². The van der Waals surface area contributed by atoms with Gasteiger partial charge in [0, 0.05) is 10.6 Å². The molecule has 0 bridgehead atoms. The molecule has 1 saturated heterocycles. The average Bonchev–Trinajstić information content (AvgIpc) is 2.97. The van der Waals surface area contributed by atoms with Gasteiger partial charge >= 0.3 is 0 Å². The van der Waals surface area contributed by atoms with E-state index in [1.165, 1.54) is 28.8 Å². The first-order valence-corrected chi connectivity index (χ1v) is 8.80. The van der Waals surface area contributed by atoms with Gasteiger partial charge in [-0.05, 0) is 55.9 Å². The molecule has 1 aromatic rings. The largest absolute Gasteiger partial charge is 0.379 e. The number of aliphatic hydroxyl groups is 1. The van der Waals surface area contributed by atoms with Gasteiger partial charge in [-0.1, -0.05) is 0 Å². The van der Waals surface area contributed by atoms with Crippen molar-refractivity contribution in [1.82, 2.24) is 0 Å². The van der Waals surface area contributed by atoms with Crippen LogP contribution in [0.15, 0.2) is 0 Å². The molecule has 1 fully saturated rings. The van der Waals surface area contributed by atoms with Crippen molar-refractivity contribution in [3.8, 4) is 0 Å². The molecule has 2 N–H and O–H groups in total. The number of carbonyl (C=O) groups excluding carboxylic acids is 1. The molecule has 1 aliphatic heterocycles. The van der Waals surface area contributed by atoms with Crippen molar-refractivity contribution in [1.29, 1.82) is 0 Å². The Morgan fingerprint density at radius 2 is 2.16 bits per heavy atom. The van der Waals surface area contributed by atoms with Gasteiger partial charge in [-0.3, -0.25) is 4.79 Å². The summed E-state index contributed by atoms with van der Waals surface area (Å²) in [6, 6.07) is 0. The number of anilines is 1. The quantitative estimate of drug-likeness (QED) is 0.882. The zero-order valence-electron chi connectivity index (χ0n) is 11.1. The van der Waals surface area contributed by atoms with E-state index in [1.54, 1.807) is 23.1 Å². The molecule has 3 nitrogen and oxygen atoms in total. The van der Waals surface area contributed by atoms with Gasteiger partial charge in [-0.25, -0.2) is 0 Å². The molecule has 104 valence electrons. The number of hydrogen-bond donors (Lipinski definition) is 2. The van der Waals surface area contributed by atoms with Crippen LogP contribution in [0.25, 0.3) is 0 Å². The minimum absolute atomic E-state index is 0.223. The van der Waals surface area contributed by atoms with Gasteiger partial charge in [-0.15, -0.1) is 11.3 Å². The Labute approximate surface area is 121 Å². The van der Waals surface area contributed by atoms with Gasteiger partial charge < -0.3 is 10.4 Å². The summed E-state index contributed by atoms with van der Waals surface area (Å²) in [6.07, 6.45) is 5.33. The van der Waals surface area contributed by atoms with E-state index >= 15 is 0 Å². The molecule has 0 saturated carbocycles. The zero-order valence-corrected chi connectivity index (χ0v) is 12.8. The van der Waals surface area contributed by atoms with Gasteiger partial charge in [-0.2, -0.15) is 11.8 Å². The van der Waals surface area contributed by atoms with E-state index in [9.17, 15) is 9.90 Å². The van der Waals surface area contributed by atoms with E-state index in [2.05, 4.69) is 12.2 Å². The highest BCUT2D eigenvalue weighted by Gasteiger charge is 2.40. The summed E-state index contributed by atoms with van der Waals surface area (Å²) in [5, 5.41) is 14.2. The van der Waals surface area contributed by atoms with Gasteiger partial charge in [0.05, 0.1) is 5.00 Å². The van der Waals surface area contributed by atoms with E-state index < -0.39 is 5.60 Å². The van der Waals surface area contributed by atoms with Crippen LogP contribution in [-0.2, 0) is 17.6 Å². The highest BCUT2D eigenvalue weighted by Crippen LogP contribution is 2.38. The number of thiophene rings is 1. The number of hydrogen-bond acceptors (Lipinski definition) is 4. The normalized spacial score (nSPS) is 26.2. The highest BCUT2D eigenvalue weighted by atomic mass is 32.2. The van der Waals surface area contributed by atoms with Gasteiger partial charge in [0.15, 0.2) is 5.60 Å². The Morgan fingerprint density at radius 1 is 1.37 bits per heavy atom. The summed E-state index contributed by atoms with van der Waals surface area (Å²) >= 11 is 3.34. The molecular weight excluding hydrogens is 278 g/mol. The van der Waals surface area contributed by atoms with Crippen LogP contribution in [-0.4, -0.2) is 28.1 Å². The third-order valence-electron chi connectivity index (χ3n) is 4.09. The predicted molar refractivity (Wildman–Crippen MR) is 81.2 cm³/mol. The first-order chi connectivity index (χ1) is 9.10. The fraction of sp³-hybridized carbons (Fsp3) is 0.643. The van der Waals surface area contributed by atoms with Crippen molar-refractivity contribution in [3.05, 3.63) is 16.0 Å². The van der Waals surface area contributed by atoms with Gasteiger partial charge in [0.2, 0.25) is 0 Å². The SMILES string of the molecule is Cc1c(NC(=O)C2(O)CCSC2)sc2c1CCCC2. The van der Waals surface area contributed by atoms with E-state index in [4.69, 9.17) is 0 Å². The zero-order chi connectivity index (χ0) is 13.5. The molecule has 2 heterocycles. The van der Waals surface area contributed by atoms with Gasteiger partial charge in [0.25, 0.3) is 5.91 Å². The molecule has 3 rings (SSSR count). The van der Waals surface area contributed by atoms with Crippen LogP contribution in [0.2, 0.25) is 0 Å². The molecule has 0 radical (unpaired) electrons. The predicted octanol–water partition coefficient (Wildman–Crippen LogP) is 2.74. The number of rotatable bonds is 2. The molecule has 0 spiro atoms. The van der Waals surface area contributed by atoms with Crippen molar-refractivity contribution in [2.45, 2.75) is 44.6 Å². The topological polar surface area (TPSA) is 49.3 Å². The molecule has 1 amide bonds. The number of amides is 1. The standard InChI is InChI=1S/C14H19NO2S2/c1-9-10-4-2-3-5-11(10)19-12(9)15-13(16)14(17)6-7-18-8-14/h17H,2-8H2,1H3,(H,15,16). The molecule has 1 unspecified atom stereocenters. The van der Waals surface area contributed by atoms with Crippen molar-refractivity contribution in [3.63, 3.8) is 0 Å². The Kier molecular flexibility index (Phi) is 3.62. The first kappa shape index (κ1) is 13.5.